The number of carbonyl (C=O) groups excluding carboxylic acids is 3. The van der Waals surface area contributed by atoms with Gasteiger partial charge in [-0.3, -0.25) is 14.4 Å². The molecule has 3 aliphatic rings. The maximum Gasteiger partial charge on any atom is 0.254 e. The Kier molecular flexibility index (Phi) is 6.44. The third-order valence-electron chi connectivity index (χ3n) is 7.12. The van der Waals surface area contributed by atoms with Crippen LogP contribution in [-0.4, -0.2) is 41.6 Å². The Labute approximate surface area is 185 Å². The van der Waals surface area contributed by atoms with Gasteiger partial charge in [0.1, 0.15) is 5.82 Å². The van der Waals surface area contributed by atoms with Gasteiger partial charge in [0.25, 0.3) is 5.91 Å². The molecule has 0 unspecified atom stereocenters. The van der Waals surface area contributed by atoms with Crippen LogP contribution in [0.5, 0.6) is 0 Å². The van der Waals surface area contributed by atoms with Crippen LogP contribution in [0.25, 0.3) is 0 Å². The van der Waals surface area contributed by atoms with Crippen molar-refractivity contribution in [2.24, 2.45) is 17.8 Å². The molecule has 6 heteroatoms. The first-order chi connectivity index (χ1) is 14.9. The van der Waals surface area contributed by atoms with Gasteiger partial charge in [-0.05, 0) is 43.2 Å². The second kappa shape index (κ2) is 9.09. The lowest BCUT2D eigenvalue weighted by Crippen LogP contribution is -2.50. The summed E-state index contributed by atoms with van der Waals surface area (Å²) in [6.45, 7) is 4.70. The molecule has 1 N–H and O–H groups in total. The Morgan fingerprint density at radius 3 is 2.35 bits per heavy atom. The van der Waals surface area contributed by atoms with Crippen molar-refractivity contribution in [2.45, 2.75) is 70.8 Å². The molecule has 31 heavy (non-hydrogen) atoms. The SMILES string of the molecule is CC(C)C(=O)[C@H](NC(=O)c1cccc(C2CN(C(=O)C3CC3)C2)c1F)C1CCCCC1.[HH]. The van der Waals surface area contributed by atoms with Gasteiger partial charge in [0.05, 0.1) is 11.6 Å². The average molecular weight is 431 g/mol. The van der Waals surface area contributed by atoms with Crippen molar-refractivity contribution < 1.29 is 20.2 Å². The van der Waals surface area contributed by atoms with Crippen LogP contribution in [0.4, 0.5) is 4.39 Å². The van der Waals surface area contributed by atoms with Gasteiger partial charge in [0.2, 0.25) is 5.91 Å². The van der Waals surface area contributed by atoms with Crippen molar-refractivity contribution in [2.75, 3.05) is 13.1 Å². The molecule has 1 heterocycles. The molecule has 1 saturated heterocycles. The van der Waals surface area contributed by atoms with Gasteiger partial charge >= 0.3 is 0 Å². The molecule has 1 atom stereocenters. The number of nitrogens with one attached hydrogen (secondary N) is 1. The summed E-state index contributed by atoms with van der Waals surface area (Å²) in [6.07, 6.45) is 7.03. The summed E-state index contributed by atoms with van der Waals surface area (Å²) in [4.78, 5) is 39.8. The molecule has 4 rings (SSSR count). The molecule has 0 spiro atoms. The fourth-order valence-corrected chi connectivity index (χ4v) is 4.95. The van der Waals surface area contributed by atoms with E-state index in [1.165, 1.54) is 6.07 Å². The summed E-state index contributed by atoms with van der Waals surface area (Å²) in [6, 6.07) is 4.32. The van der Waals surface area contributed by atoms with Crippen molar-refractivity contribution in [1.29, 1.82) is 0 Å². The molecule has 170 valence electrons. The van der Waals surface area contributed by atoms with E-state index in [0.717, 1.165) is 44.9 Å². The lowest BCUT2D eigenvalue weighted by Gasteiger charge is -2.40. The van der Waals surface area contributed by atoms with Gasteiger partial charge in [-0.25, -0.2) is 4.39 Å². The Hall–Kier alpha value is -2.24. The topological polar surface area (TPSA) is 66.5 Å². The van der Waals surface area contributed by atoms with Crippen molar-refractivity contribution in [3.8, 4) is 0 Å². The second-order valence-corrected chi connectivity index (χ2v) is 9.83. The summed E-state index contributed by atoms with van der Waals surface area (Å²) in [5.41, 5.74) is 0.471. The van der Waals surface area contributed by atoms with Crippen LogP contribution < -0.4 is 5.32 Å². The molecule has 1 aromatic rings. The average Bonchev–Trinajstić information content (AvgIpc) is 3.57. The van der Waals surface area contributed by atoms with Gasteiger partial charge in [0.15, 0.2) is 5.78 Å². The number of hydrogen-bond donors (Lipinski definition) is 1. The Morgan fingerprint density at radius 2 is 1.74 bits per heavy atom. The van der Waals surface area contributed by atoms with Crippen LogP contribution in [0.2, 0.25) is 0 Å². The molecule has 1 aliphatic heterocycles. The molecular formula is C25H35FN2O3. The van der Waals surface area contributed by atoms with Crippen molar-refractivity contribution in [3.05, 3.63) is 35.1 Å². The van der Waals surface area contributed by atoms with Crippen molar-refractivity contribution >= 4 is 17.6 Å². The zero-order valence-corrected chi connectivity index (χ0v) is 18.5. The monoisotopic (exact) mass is 430 g/mol. The van der Waals surface area contributed by atoms with Gasteiger partial charge < -0.3 is 10.2 Å². The number of likely N-dealkylation sites (tertiary alicyclic amines) is 1. The van der Waals surface area contributed by atoms with E-state index in [1.54, 1.807) is 17.0 Å². The quantitative estimate of drug-likeness (QED) is 0.701. The predicted molar refractivity (Wildman–Crippen MR) is 118 cm³/mol. The molecule has 2 aliphatic carbocycles. The normalized spacial score (nSPS) is 21.0. The molecule has 2 amide bonds. The third-order valence-corrected chi connectivity index (χ3v) is 7.12. The van der Waals surface area contributed by atoms with Crippen LogP contribution in [0.3, 0.4) is 0 Å². The van der Waals surface area contributed by atoms with Gasteiger partial charge in [-0.2, -0.15) is 0 Å². The maximum absolute atomic E-state index is 15.3. The van der Waals surface area contributed by atoms with Gasteiger partial charge in [0, 0.05) is 32.3 Å². The molecule has 0 aromatic heterocycles. The number of hydrogen-bond acceptors (Lipinski definition) is 3. The summed E-state index contributed by atoms with van der Waals surface area (Å²) in [5, 5.41) is 2.88. The summed E-state index contributed by atoms with van der Waals surface area (Å²) >= 11 is 0. The number of nitrogens with zero attached hydrogens (tertiary/aromatic N) is 1. The van der Waals surface area contributed by atoms with E-state index in [9.17, 15) is 14.4 Å². The highest BCUT2D eigenvalue weighted by Crippen LogP contribution is 2.37. The van der Waals surface area contributed by atoms with Crippen molar-refractivity contribution in [3.63, 3.8) is 0 Å². The first-order valence-corrected chi connectivity index (χ1v) is 11.8. The lowest BCUT2D eigenvalue weighted by molar-refractivity contribution is -0.137. The fourth-order valence-electron chi connectivity index (χ4n) is 4.95. The predicted octanol–water partition coefficient (Wildman–Crippen LogP) is 4.31. The first kappa shape index (κ1) is 22.0. The molecule has 2 saturated carbocycles. The van der Waals surface area contributed by atoms with E-state index in [4.69, 9.17) is 0 Å². The number of benzene rings is 1. The molecule has 1 aromatic carbocycles. The van der Waals surface area contributed by atoms with Crippen LogP contribution in [0, 0.1) is 23.6 Å². The Balaban J connectivity index is 0.00000289. The van der Waals surface area contributed by atoms with Crippen LogP contribution in [-0.2, 0) is 9.59 Å². The number of rotatable bonds is 7. The largest absolute Gasteiger partial charge is 0.342 e. The Bertz CT molecular complexity index is 859. The number of ketones is 1. The molecule has 5 nitrogen and oxygen atoms in total. The minimum Gasteiger partial charge on any atom is -0.342 e. The van der Waals surface area contributed by atoms with E-state index < -0.39 is 17.8 Å². The minimum atomic E-state index is -0.564. The molecule has 0 bridgehead atoms. The van der Waals surface area contributed by atoms with Crippen molar-refractivity contribution in [1.82, 2.24) is 10.2 Å². The van der Waals surface area contributed by atoms with E-state index in [0.29, 0.717) is 18.7 Å². The zero-order valence-electron chi connectivity index (χ0n) is 18.5. The maximum atomic E-state index is 15.3. The van der Waals surface area contributed by atoms with Crippen LogP contribution >= 0.6 is 0 Å². The van der Waals surface area contributed by atoms with Crippen LogP contribution in [0.15, 0.2) is 18.2 Å². The van der Waals surface area contributed by atoms with Gasteiger partial charge in [-0.15, -0.1) is 0 Å². The fraction of sp³-hybridized carbons (Fsp3) is 0.640. The number of carbonyl (C=O) groups is 3. The van der Waals surface area contributed by atoms with E-state index >= 15 is 4.39 Å². The number of Topliss-reactive ketones (excluding diaryl/α,β-unsaturated/α-hetero) is 1. The minimum absolute atomic E-state index is 0. The highest BCUT2D eigenvalue weighted by Gasteiger charge is 2.41. The zero-order chi connectivity index (χ0) is 22.1. The van der Waals surface area contributed by atoms with E-state index in [1.807, 2.05) is 13.8 Å². The number of halogens is 1. The first-order valence-electron chi connectivity index (χ1n) is 11.8. The lowest BCUT2D eigenvalue weighted by atomic mass is 9.80. The van der Waals surface area contributed by atoms with Crippen LogP contribution in [0.1, 0.15) is 82.1 Å². The van der Waals surface area contributed by atoms with E-state index in [-0.39, 0.29) is 42.4 Å². The second-order valence-electron chi connectivity index (χ2n) is 9.83. The third kappa shape index (κ3) is 4.68. The smallest absolute Gasteiger partial charge is 0.254 e. The highest BCUT2D eigenvalue weighted by atomic mass is 19.1. The summed E-state index contributed by atoms with van der Waals surface area (Å²) in [5.74, 6) is -0.837. The summed E-state index contributed by atoms with van der Waals surface area (Å²) in [7, 11) is 0. The van der Waals surface area contributed by atoms with Gasteiger partial charge in [-0.1, -0.05) is 45.2 Å². The standard InChI is InChI=1S/C25H33FN2O3.H2/c1-15(2)23(29)22(16-7-4-3-5-8-16)27-24(30)20-10-6-9-19(21(20)26)18-13-28(14-18)25(31)17-11-12-17;/h6,9-10,15-18,22H,3-5,7-8,11-14H2,1-2H3,(H,27,30);1H/t22-;/m1./s1. The Morgan fingerprint density at radius 1 is 1.06 bits per heavy atom. The molecule has 0 radical (unpaired) electrons. The summed E-state index contributed by atoms with van der Waals surface area (Å²) < 4.78 is 15.3. The molecular weight excluding hydrogens is 395 g/mol. The molecule has 3 fully saturated rings. The van der Waals surface area contributed by atoms with E-state index in [2.05, 4.69) is 5.32 Å². The highest BCUT2D eigenvalue weighted by molar-refractivity contribution is 5.98. The number of amides is 2.